The Bertz CT molecular complexity index is 1060. The van der Waals surface area contributed by atoms with Gasteiger partial charge >= 0.3 is 0 Å². The highest BCUT2D eigenvalue weighted by atomic mass is 32.2. The fraction of sp³-hybridized carbons (Fsp3) is 0.333. The highest BCUT2D eigenvalue weighted by Crippen LogP contribution is 2.33. The van der Waals surface area contributed by atoms with Gasteiger partial charge in [-0.1, -0.05) is 6.07 Å². The van der Waals surface area contributed by atoms with Crippen molar-refractivity contribution in [3.63, 3.8) is 0 Å². The molecular weight excluding hydrogens is 374 g/mol. The minimum atomic E-state index is -3.13. The van der Waals surface area contributed by atoms with Gasteiger partial charge in [0.25, 0.3) is 0 Å². The number of hydrogen-bond acceptors (Lipinski definition) is 5. The number of rotatable bonds is 5. The van der Waals surface area contributed by atoms with E-state index in [2.05, 4.69) is 16.0 Å². The Balaban J connectivity index is 1.60. The maximum absolute atomic E-state index is 12.1. The van der Waals surface area contributed by atoms with Crippen molar-refractivity contribution >= 4 is 20.8 Å². The molecule has 2 aromatic heterocycles. The summed E-state index contributed by atoms with van der Waals surface area (Å²) in [4.78, 5) is 8.45. The molecule has 3 heterocycles. The van der Waals surface area contributed by atoms with E-state index in [9.17, 15) is 8.42 Å². The zero-order valence-electron chi connectivity index (χ0n) is 15.8. The standard InChI is InChI=1S/C21H23N3O3S/c1-2-28(25,26)24-10-6-19(7-11-24)27-21-13-18(17-4-3-8-22-14-17)12-16-5-9-23-15-20(16)21/h3-5,8-9,12-15,19H,2,6-7,10-11H2,1H3. The molecule has 0 spiro atoms. The van der Waals surface area contributed by atoms with Crippen LogP contribution in [-0.2, 0) is 10.0 Å². The van der Waals surface area contributed by atoms with E-state index in [1.807, 2.05) is 36.7 Å². The normalized spacial score (nSPS) is 16.3. The summed E-state index contributed by atoms with van der Waals surface area (Å²) in [7, 11) is -3.13. The Kier molecular flexibility index (Phi) is 5.28. The summed E-state index contributed by atoms with van der Waals surface area (Å²) in [6.45, 7) is 2.68. The predicted molar refractivity (Wildman–Crippen MR) is 110 cm³/mol. The number of ether oxygens (including phenoxy) is 1. The van der Waals surface area contributed by atoms with Gasteiger partial charge in [0, 0.05) is 48.8 Å². The van der Waals surface area contributed by atoms with Gasteiger partial charge in [-0.2, -0.15) is 0 Å². The van der Waals surface area contributed by atoms with Gasteiger partial charge in [-0.3, -0.25) is 9.97 Å². The number of pyridine rings is 2. The second-order valence-corrected chi connectivity index (χ2v) is 9.19. The molecule has 1 aliphatic heterocycles. The number of fused-ring (bicyclic) bond motifs is 1. The maximum Gasteiger partial charge on any atom is 0.213 e. The molecule has 1 saturated heterocycles. The molecule has 28 heavy (non-hydrogen) atoms. The van der Waals surface area contributed by atoms with E-state index in [1.54, 1.807) is 23.6 Å². The van der Waals surface area contributed by atoms with Gasteiger partial charge in [-0.25, -0.2) is 12.7 Å². The third-order valence-corrected chi connectivity index (χ3v) is 7.05. The average molecular weight is 398 g/mol. The maximum atomic E-state index is 12.1. The fourth-order valence-corrected chi connectivity index (χ4v) is 4.69. The lowest BCUT2D eigenvalue weighted by atomic mass is 10.0. The number of nitrogens with zero attached hydrogens (tertiary/aromatic N) is 3. The lowest BCUT2D eigenvalue weighted by Gasteiger charge is -2.31. The summed E-state index contributed by atoms with van der Waals surface area (Å²) in [5.74, 6) is 0.920. The predicted octanol–water partition coefficient (Wildman–Crippen LogP) is 3.49. The van der Waals surface area contributed by atoms with Crippen molar-refractivity contribution in [1.82, 2.24) is 14.3 Å². The van der Waals surface area contributed by atoms with Gasteiger partial charge < -0.3 is 4.74 Å². The molecule has 7 heteroatoms. The minimum Gasteiger partial charge on any atom is -0.490 e. The first kappa shape index (κ1) is 18.8. The monoisotopic (exact) mass is 397 g/mol. The van der Waals surface area contributed by atoms with E-state index < -0.39 is 10.0 Å². The summed E-state index contributed by atoms with van der Waals surface area (Å²) in [6, 6.07) is 10.0. The van der Waals surface area contributed by atoms with Gasteiger partial charge in [-0.15, -0.1) is 0 Å². The molecule has 0 unspecified atom stereocenters. The SMILES string of the molecule is CCS(=O)(=O)N1CCC(Oc2cc(-c3cccnc3)cc3ccncc23)CC1. The third kappa shape index (κ3) is 3.86. The lowest BCUT2D eigenvalue weighted by molar-refractivity contribution is 0.137. The Morgan fingerprint density at radius 2 is 1.86 bits per heavy atom. The fourth-order valence-electron chi connectivity index (χ4n) is 3.55. The van der Waals surface area contributed by atoms with E-state index in [0.717, 1.165) is 27.6 Å². The Labute approximate surface area is 165 Å². The average Bonchev–Trinajstić information content (AvgIpc) is 2.74. The molecule has 4 rings (SSSR count). The largest absolute Gasteiger partial charge is 0.490 e. The van der Waals surface area contributed by atoms with Crippen LogP contribution in [0.25, 0.3) is 21.9 Å². The topological polar surface area (TPSA) is 72.4 Å². The molecule has 0 radical (unpaired) electrons. The molecule has 0 saturated carbocycles. The van der Waals surface area contributed by atoms with Gasteiger partial charge in [0.1, 0.15) is 11.9 Å². The Morgan fingerprint density at radius 3 is 2.57 bits per heavy atom. The van der Waals surface area contributed by atoms with Crippen molar-refractivity contribution in [2.75, 3.05) is 18.8 Å². The van der Waals surface area contributed by atoms with Crippen molar-refractivity contribution in [3.05, 3.63) is 55.1 Å². The van der Waals surface area contributed by atoms with Crippen LogP contribution in [0.15, 0.2) is 55.1 Å². The Hall–Kier alpha value is -2.51. The molecular formula is C21H23N3O3S. The molecule has 0 atom stereocenters. The molecule has 6 nitrogen and oxygen atoms in total. The molecule has 1 aliphatic rings. The third-order valence-electron chi connectivity index (χ3n) is 5.17. The summed E-state index contributed by atoms with van der Waals surface area (Å²) in [6.07, 6.45) is 8.51. The van der Waals surface area contributed by atoms with Crippen LogP contribution in [0.4, 0.5) is 0 Å². The first-order valence-electron chi connectivity index (χ1n) is 9.49. The first-order chi connectivity index (χ1) is 13.6. The summed E-state index contributed by atoms with van der Waals surface area (Å²) in [5, 5.41) is 2.01. The molecule has 1 fully saturated rings. The van der Waals surface area contributed by atoms with Crippen LogP contribution in [0.5, 0.6) is 5.75 Å². The molecule has 0 amide bonds. The molecule has 146 valence electrons. The number of piperidine rings is 1. The summed E-state index contributed by atoms with van der Waals surface area (Å²) < 4.78 is 32.0. The van der Waals surface area contributed by atoms with Crippen LogP contribution < -0.4 is 4.74 Å². The van der Waals surface area contributed by atoms with Crippen molar-refractivity contribution < 1.29 is 13.2 Å². The van der Waals surface area contributed by atoms with Crippen LogP contribution in [-0.4, -0.2) is 47.6 Å². The molecule has 1 aromatic carbocycles. The van der Waals surface area contributed by atoms with Gasteiger partial charge in [0.2, 0.25) is 10.0 Å². The van der Waals surface area contributed by atoms with Crippen LogP contribution in [0, 0.1) is 0 Å². The van der Waals surface area contributed by atoms with Gasteiger partial charge in [0.05, 0.1) is 5.75 Å². The van der Waals surface area contributed by atoms with Crippen molar-refractivity contribution in [2.24, 2.45) is 0 Å². The Morgan fingerprint density at radius 1 is 1.07 bits per heavy atom. The number of sulfonamides is 1. The molecule has 0 aliphatic carbocycles. The number of aromatic nitrogens is 2. The summed E-state index contributed by atoms with van der Waals surface area (Å²) >= 11 is 0. The highest BCUT2D eigenvalue weighted by molar-refractivity contribution is 7.89. The van der Waals surface area contributed by atoms with Crippen LogP contribution >= 0.6 is 0 Å². The molecule has 0 N–H and O–H groups in total. The van der Waals surface area contributed by atoms with Crippen LogP contribution in [0.3, 0.4) is 0 Å². The van der Waals surface area contributed by atoms with Gasteiger partial charge in [-0.05, 0) is 55.0 Å². The van der Waals surface area contributed by atoms with E-state index in [1.165, 1.54) is 0 Å². The van der Waals surface area contributed by atoms with E-state index >= 15 is 0 Å². The van der Waals surface area contributed by atoms with Gasteiger partial charge in [0.15, 0.2) is 0 Å². The van der Waals surface area contributed by atoms with E-state index in [-0.39, 0.29) is 11.9 Å². The second kappa shape index (κ2) is 7.85. The van der Waals surface area contributed by atoms with Crippen LogP contribution in [0.1, 0.15) is 19.8 Å². The number of hydrogen-bond donors (Lipinski definition) is 0. The quantitative estimate of drug-likeness (QED) is 0.659. The van der Waals surface area contributed by atoms with E-state index in [4.69, 9.17) is 4.74 Å². The minimum absolute atomic E-state index is 0.0177. The van der Waals surface area contributed by atoms with Crippen molar-refractivity contribution in [2.45, 2.75) is 25.9 Å². The molecule has 3 aromatic rings. The van der Waals surface area contributed by atoms with Crippen LogP contribution in [0.2, 0.25) is 0 Å². The zero-order chi connectivity index (χ0) is 19.6. The first-order valence-corrected chi connectivity index (χ1v) is 11.1. The molecule has 0 bridgehead atoms. The second-order valence-electron chi connectivity index (χ2n) is 6.93. The van der Waals surface area contributed by atoms with E-state index in [0.29, 0.717) is 25.9 Å². The van der Waals surface area contributed by atoms with Crippen molar-refractivity contribution in [1.29, 1.82) is 0 Å². The van der Waals surface area contributed by atoms with Crippen molar-refractivity contribution in [3.8, 4) is 16.9 Å². The number of benzene rings is 1. The highest BCUT2D eigenvalue weighted by Gasteiger charge is 2.28. The summed E-state index contributed by atoms with van der Waals surface area (Å²) in [5.41, 5.74) is 2.06. The lowest BCUT2D eigenvalue weighted by Crippen LogP contribution is -2.42. The zero-order valence-corrected chi connectivity index (χ0v) is 16.6. The smallest absolute Gasteiger partial charge is 0.213 e.